The van der Waals surface area contributed by atoms with Crippen molar-refractivity contribution in [2.45, 2.75) is 18.9 Å². The van der Waals surface area contributed by atoms with E-state index in [9.17, 15) is 9.59 Å². The van der Waals surface area contributed by atoms with E-state index in [1.165, 1.54) is 0 Å². The maximum atomic E-state index is 11.9. The summed E-state index contributed by atoms with van der Waals surface area (Å²) in [5.74, 6) is -0.657. The monoisotopic (exact) mass is 312 g/mol. The Balaban J connectivity index is 1.96. The molecule has 6 nitrogen and oxygen atoms in total. The van der Waals surface area contributed by atoms with Gasteiger partial charge in [-0.05, 0) is 29.7 Å². The second kappa shape index (κ2) is 6.10. The molecule has 4 N–H and O–H groups in total. The van der Waals surface area contributed by atoms with Crippen LogP contribution in [0.1, 0.15) is 12.0 Å². The molecule has 0 aliphatic heterocycles. The Morgan fingerprint density at radius 2 is 1.96 bits per heavy atom. The second-order valence-corrected chi connectivity index (χ2v) is 5.39. The first-order chi connectivity index (χ1) is 11.1. The van der Waals surface area contributed by atoms with Gasteiger partial charge < -0.3 is 15.4 Å². The summed E-state index contributed by atoms with van der Waals surface area (Å²) in [6, 6.07) is 12.6. The molecule has 1 aromatic heterocycles. The van der Waals surface area contributed by atoms with Crippen LogP contribution in [0.3, 0.4) is 0 Å². The summed E-state index contributed by atoms with van der Waals surface area (Å²) in [6.45, 7) is 0. The molecule has 0 saturated carbocycles. The van der Waals surface area contributed by atoms with E-state index in [1.807, 2.05) is 42.5 Å². The highest BCUT2D eigenvalue weighted by atomic mass is 16.5. The molecule has 3 aromatic rings. The number of rotatable bonds is 5. The van der Waals surface area contributed by atoms with Crippen LogP contribution in [0.15, 0.2) is 51.8 Å². The van der Waals surface area contributed by atoms with E-state index >= 15 is 0 Å². The largest absolute Gasteiger partial charge is 0.480 e. The van der Waals surface area contributed by atoms with Crippen LogP contribution in [0.5, 0.6) is 0 Å². The first kappa shape index (κ1) is 15.1. The molecule has 0 spiro atoms. The first-order valence-electron chi connectivity index (χ1n) is 7.24. The lowest BCUT2D eigenvalue weighted by atomic mass is 10.0. The molecule has 0 radical (unpaired) electrons. The van der Waals surface area contributed by atoms with Crippen molar-refractivity contribution in [3.63, 3.8) is 0 Å². The number of hydrogen-bond acceptors (Lipinski definition) is 4. The minimum Gasteiger partial charge on any atom is -0.480 e. The highest BCUT2D eigenvalue weighted by Gasteiger charge is 2.18. The first-order valence-corrected chi connectivity index (χ1v) is 7.24. The highest BCUT2D eigenvalue weighted by molar-refractivity contribution is 5.86. The quantitative estimate of drug-likeness (QED) is 0.668. The molecule has 0 aliphatic rings. The standard InChI is InChI=1S/C17H16N2O4/c18-14(17(21)22)8-7-13-15(23-19-16(13)20)12-6-5-10-3-1-2-4-11(10)9-12/h1-6,9,14H,7-8,18H2,(H,19,20)(H,21,22)/t14-/m0/s1. The lowest BCUT2D eigenvalue weighted by Crippen LogP contribution is -2.30. The van der Waals surface area contributed by atoms with Gasteiger partial charge in [-0.3, -0.25) is 9.59 Å². The molecule has 6 heteroatoms. The molecule has 1 heterocycles. The van der Waals surface area contributed by atoms with Crippen LogP contribution in [0.25, 0.3) is 22.1 Å². The predicted molar refractivity (Wildman–Crippen MR) is 86.2 cm³/mol. The molecule has 2 aromatic carbocycles. The third-order valence-electron chi connectivity index (χ3n) is 3.83. The van der Waals surface area contributed by atoms with E-state index in [1.54, 1.807) is 0 Å². The molecule has 0 saturated heterocycles. The van der Waals surface area contributed by atoms with E-state index in [-0.39, 0.29) is 18.4 Å². The molecule has 118 valence electrons. The zero-order chi connectivity index (χ0) is 16.4. The van der Waals surface area contributed by atoms with Gasteiger partial charge in [0.15, 0.2) is 5.76 Å². The van der Waals surface area contributed by atoms with Gasteiger partial charge >= 0.3 is 5.97 Å². The summed E-state index contributed by atoms with van der Waals surface area (Å²) >= 11 is 0. The number of carbonyl (C=O) groups is 1. The predicted octanol–water partition coefficient (Wildman–Crippen LogP) is 2.13. The normalized spacial score (nSPS) is 12.4. The maximum Gasteiger partial charge on any atom is 0.320 e. The Kier molecular flexibility index (Phi) is 3.99. The Hall–Kier alpha value is -2.86. The van der Waals surface area contributed by atoms with Crippen molar-refractivity contribution in [1.29, 1.82) is 0 Å². The smallest absolute Gasteiger partial charge is 0.320 e. The van der Waals surface area contributed by atoms with E-state index in [4.69, 9.17) is 15.4 Å². The van der Waals surface area contributed by atoms with Crippen LogP contribution >= 0.6 is 0 Å². The Morgan fingerprint density at radius 1 is 1.22 bits per heavy atom. The number of aromatic amines is 1. The fourth-order valence-corrected chi connectivity index (χ4v) is 2.54. The SMILES string of the molecule is N[C@@H](CCc1c(-c2ccc3ccccc3c2)o[nH]c1=O)C(=O)O. The number of aliphatic carboxylic acids is 1. The van der Waals surface area contributed by atoms with Crippen molar-refractivity contribution in [2.24, 2.45) is 5.73 Å². The number of nitrogens with two attached hydrogens (primary N) is 1. The van der Waals surface area contributed by atoms with Crippen LogP contribution in [0.4, 0.5) is 0 Å². The fraction of sp³-hybridized carbons (Fsp3) is 0.176. The molecule has 0 aliphatic carbocycles. The number of benzene rings is 2. The number of H-pyrrole nitrogens is 1. The van der Waals surface area contributed by atoms with Crippen molar-refractivity contribution in [1.82, 2.24) is 5.16 Å². The molecule has 0 amide bonds. The van der Waals surface area contributed by atoms with Crippen molar-refractivity contribution in [2.75, 3.05) is 0 Å². The van der Waals surface area contributed by atoms with Gasteiger partial charge in [0.05, 0.1) is 5.56 Å². The Bertz CT molecular complexity index is 910. The van der Waals surface area contributed by atoms with Crippen LogP contribution in [0.2, 0.25) is 0 Å². The van der Waals surface area contributed by atoms with E-state index in [0.717, 1.165) is 16.3 Å². The minimum absolute atomic E-state index is 0.165. The van der Waals surface area contributed by atoms with Crippen LogP contribution in [0, 0.1) is 0 Å². The lowest BCUT2D eigenvalue weighted by molar-refractivity contribution is -0.138. The van der Waals surface area contributed by atoms with Crippen molar-refractivity contribution in [3.8, 4) is 11.3 Å². The molecule has 23 heavy (non-hydrogen) atoms. The molecular formula is C17H16N2O4. The summed E-state index contributed by atoms with van der Waals surface area (Å²) in [6.07, 6.45) is 0.403. The summed E-state index contributed by atoms with van der Waals surface area (Å²) in [5, 5.41) is 13.3. The fourth-order valence-electron chi connectivity index (χ4n) is 2.54. The third-order valence-corrected chi connectivity index (χ3v) is 3.83. The Labute approximate surface area is 131 Å². The van der Waals surface area contributed by atoms with Crippen molar-refractivity contribution < 1.29 is 14.4 Å². The zero-order valence-corrected chi connectivity index (χ0v) is 12.3. The average molecular weight is 312 g/mol. The molecule has 0 bridgehead atoms. The van der Waals surface area contributed by atoms with Crippen LogP contribution in [-0.4, -0.2) is 22.3 Å². The van der Waals surface area contributed by atoms with Gasteiger partial charge in [0.1, 0.15) is 6.04 Å². The van der Waals surface area contributed by atoms with Gasteiger partial charge in [-0.2, -0.15) is 5.16 Å². The summed E-state index contributed by atoms with van der Waals surface area (Å²) in [4.78, 5) is 22.7. The number of carboxylic acid groups (broad SMARTS) is 1. The van der Waals surface area contributed by atoms with Gasteiger partial charge in [-0.25, -0.2) is 0 Å². The number of carboxylic acids is 1. The summed E-state index contributed by atoms with van der Waals surface area (Å²) in [7, 11) is 0. The number of aromatic nitrogens is 1. The summed E-state index contributed by atoms with van der Waals surface area (Å²) in [5.41, 5.74) is 6.33. The molecule has 0 unspecified atom stereocenters. The molecular weight excluding hydrogens is 296 g/mol. The van der Waals surface area contributed by atoms with Crippen LogP contribution < -0.4 is 11.3 Å². The average Bonchev–Trinajstić information content (AvgIpc) is 2.92. The topological polar surface area (TPSA) is 109 Å². The van der Waals surface area contributed by atoms with Crippen LogP contribution in [-0.2, 0) is 11.2 Å². The molecule has 0 fully saturated rings. The highest BCUT2D eigenvalue weighted by Crippen LogP contribution is 2.26. The van der Waals surface area contributed by atoms with Gasteiger partial charge in [0, 0.05) is 5.56 Å². The third kappa shape index (κ3) is 3.02. The zero-order valence-electron chi connectivity index (χ0n) is 12.3. The number of fused-ring (bicyclic) bond motifs is 1. The Morgan fingerprint density at radius 3 is 2.70 bits per heavy atom. The van der Waals surface area contributed by atoms with E-state index in [0.29, 0.717) is 11.3 Å². The summed E-state index contributed by atoms with van der Waals surface area (Å²) < 4.78 is 5.30. The van der Waals surface area contributed by atoms with E-state index in [2.05, 4.69) is 5.16 Å². The van der Waals surface area contributed by atoms with Crippen molar-refractivity contribution >= 4 is 16.7 Å². The number of nitrogens with one attached hydrogen (secondary N) is 1. The molecule has 1 atom stereocenters. The second-order valence-electron chi connectivity index (χ2n) is 5.39. The van der Waals surface area contributed by atoms with Crippen molar-refractivity contribution in [3.05, 3.63) is 58.4 Å². The number of hydrogen-bond donors (Lipinski definition) is 3. The van der Waals surface area contributed by atoms with Gasteiger partial charge in [0.2, 0.25) is 0 Å². The minimum atomic E-state index is -1.09. The van der Waals surface area contributed by atoms with Gasteiger partial charge in [0.25, 0.3) is 5.56 Å². The van der Waals surface area contributed by atoms with Gasteiger partial charge in [-0.15, -0.1) is 0 Å². The lowest BCUT2D eigenvalue weighted by Gasteiger charge is -2.06. The van der Waals surface area contributed by atoms with E-state index < -0.39 is 12.0 Å². The van der Waals surface area contributed by atoms with Gasteiger partial charge in [-0.1, -0.05) is 36.4 Å². The molecule has 3 rings (SSSR count). The maximum absolute atomic E-state index is 11.9.